The predicted molar refractivity (Wildman–Crippen MR) is 91.0 cm³/mol. The number of hydrogen-bond acceptors (Lipinski definition) is 4. The summed E-state index contributed by atoms with van der Waals surface area (Å²) in [6, 6.07) is 13.3. The van der Waals surface area contributed by atoms with E-state index in [2.05, 4.69) is 20.3 Å². The lowest BCUT2D eigenvalue weighted by atomic mass is 10.2. The van der Waals surface area contributed by atoms with Gasteiger partial charge < -0.3 is 5.32 Å². The quantitative estimate of drug-likeness (QED) is 0.614. The van der Waals surface area contributed by atoms with Crippen LogP contribution in [-0.2, 0) is 0 Å². The van der Waals surface area contributed by atoms with Gasteiger partial charge in [0.15, 0.2) is 5.65 Å². The molecule has 4 aromatic rings. The smallest absolute Gasteiger partial charge is 0.157 e. The average Bonchev–Trinajstić information content (AvgIpc) is 2.95. The Morgan fingerprint density at radius 1 is 1.04 bits per heavy atom. The van der Waals surface area contributed by atoms with E-state index in [1.165, 1.54) is 0 Å². The predicted octanol–water partition coefficient (Wildman–Crippen LogP) is 4.19. The van der Waals surface area contributed by atoms with Crippen molar-refractivity contribution in [3.05, 3.63) is 72.3 Å². The fourth-order valence-electron chi connectivity index (χ4n) is 2.41. The van der Waals surface area contributed by atoms with Gasteiger partial charge in [-0.3, -0.25) is 14.4 Å². The van der Waals surface area contributed by atoms with Gasteiger partial charge in [-0.05, 0) is 30.3 Å². The summed E-state index contributed by atoms with van der Waals surface area (Å²) in [6.45, 7) is 0. The first-order valence-corrected chi connectivity index (χ1v) is 7.45. The molecule has 0 fully saturated rings. The second-order valence-electron chi connectivity index (χ2n) is 4.96. The molecule has 0 bridgehead atoms. The van der Waals surface area contributed by atoms with E-state index in [1.807, 2.05) is 53.1 Å². The zero-order valence-electron chi connectivity index (χ0n) is 12.0. The van der Waals surface area contributed by atoms with E-state index in [1.54, 1.807) is 18.6 Å². The van der Waals surface area contributed by atoms with Crippen molar-refractivity contribution < 1.29 is 0 Å². The second-order valence-corrected chi connectivity index (χ2v) is 5.40. The molecule has 0 unspecified atom stereocenters. The van der Waals surface area contributed by atoms with Crippen molar-refractivity contribution in [2.75, 3.05) is 5.32 Å². The Balaban J connectivity index is 1.89. The molecule has 0 radical (unpaired) electrons. The number of nitrogens with zero attached hydrogens (tertiary/aromatic N) is 4. The number of benzene rings is 1. The maximum absolute atomic E-state index is 6.08. The van der Waals surface area contributed by atoms with Gasteiger partial charge in [0.1, 0.15) is 11.5 Å². The van der Waals surface area contributed by atoms with Gasteiger partial charge in [-0.1, -0.05) is 23.7 Å². The molecule has 0 aliphatic carbocycles. The molecule has 1 N–H and O–H groups in total. The number of halogens is 1. The van der Waals surface area contributed by atoms with Crippen LogP contribution in [0.25, 0.3) is 17.0 Å². The highest BCUT2D eigenvalue weighted by Crippen LogP contribution is 2.30. The summed E-state index contributed by atoms with van der Waals surface area (Å²) in [6.07, 6.45) is 7.05. The molecule has 0 spiro atoms. The Labute approximate surface area is 137 Å². The third-order valence-corrected chi connectivity index (χ3v) is 3.66. The second kappa shape index (κ2) is 5.70. The van der Waals surface area contributed by atoms with Crippen LogP contribution in [0, 0.1) is 0 Å². The highest BCUT2D eigenvalue weighted by molar-refractivity contribution is 6.30. The van der Waals surface area contributed by atoms with E-state index in [-0.39, 0.29) is 0 Å². The number of anilines is 2. The lowest BCUT2D eigenvalue weighted by molar-refractivity contribution is 1.13. The molecule has 112 valence electrons. The molecule has 4 rings (SSSR count). The molecule has 0 amide bonds. The van der Waals surface area contributed by atoms with Crippen molar-refractivity contribution >= 4 is 28.8 Å². The third-order valence-electron chi connectivity index (χ3n) is 3.43. The van der Waals surface area contributed by atoms with Gasteiger partial charge in [0.25, 0.3) is 0 Å². The van der Waals surface area contributed by atoms with Crippen LogP contribution in [0.4, 0.5) is 11.5 Å². The zero-order valence-corrected chi connectivity index (χ0v) is 12.8. The van der Waals surface area contributed by atoms with Crippen LogP contribution in [0.3, 0.4) is 0 Å². The molecule has 5 nitrogen and oxygen atoms in total. The Morgan fingerprint density at radius 3 is 2.83 bits per heavy atom. The minimum Gasteiger partial charge on any atom is -0.339 e. The van der Waals surface area contributed by atoms with Gasteiger partial charge in [0.2, 0.25) is 0 Å². The molecule has 0 saturated heterocycles. The van der Waals surface area contributed by atoms with Crippen molar-refractivity contribution in [1.29, 1.82) is 0 Å². The van der Waals surface area contributed by atoms with Gasteiger partial charge >= 0.3 is 0 Å². The molecule has 23 heavy (non-hydrogen) atoms. The minimum atomic E-state index is 0.671. The largest absolute Gasteiger partial charge is 0.339 e. The topological polar surface area (TPSA) is 55.1 Å². The van der Waals surface area contributed by atoms with Gasteiger partial charge in [-0.25, -0.2) is 4.98 Å². The Morgan fingerprint density at radius 2 is 2.00 bits per heavy atom. The first kappa shape index (κ1) is 13.7. The number of rotatable bonds is 3. The zero-order chi connectivity index (χ0) is 15.6. The summed E-state index contributed by atoms with van der Waals surface area (Å²) >= 11 is 6.08. The maximum Gasteiger partial charge on any atom is 0.157 e. The fourth-order valence-corrected chi connectivity index (χ4v) is 2.60. The normalized spacial score (nSPS) is 10.8. The van der Waals surface area contributed by atoms with E-state index in [4.69, 9.17) is 11.6 Å². The summed E-state index contributed by atoms with van der Waals surface area (Å²) in [5.41, 5.74) is 3.19. The van der Waals surface area contributed by atoms with Gasteiger partial charge in [-0.2, -0.15) is 0 Å². The summed E-state index contributed by atoms with van der Waals surface area (Å²) in [4.78, 5) is 13.2. The summed E-state index contributed by atoms with van der Waals surface area (Å²) in [5, 5.41) is 4.05. The van der Waals surface area contributed by atoms with Crippen LogP contribution in [0.5, 0.6) is 0 Å². The fraction of sp³-hybridized carbons (Fsp3) is 0. The first-order chi connectivity index (χ1) is 11.3. The number of fused-ring (bicyclic) bond motifs is 1. The highest BCUT2D eigenvalue weighted by atomic mass is 35.5. The third kappa shape index (κ3) is 2.62. The van der Waals surface area contributed by atoms with E-state index >= 15 is 0 Å². The van der Waals surface area contributed by atoms with Gasteiger partial charge in [0, 0.05) is 29.3 Å². The highest BCUT2D eigenvalue weighted by Gasteiger charge is 2.15. The minimum absolute atomic E-state index is 0.671. The van der Waals surface area contributed by atoms with Crippen molar-refractivity contribution in [3.8, 4) is 11.4 Å². The van der Waals surface area contributed by atoms with Crippen molar-refractivity contribution in [3.63, 3.8) is 0 Å². The first-order valence-electron chi connectivity index (χ1n) is 7.07. The van der Waals surface area contributed by atoms with Crippen LogP contribution in [0.1, 0.15) is 0 Å². The van der Waals surface area contributed by atoms with Crippen LogP contribution in [-0.4, -0.2) is 19.4 Å². The summed E-state index contributed by atoms with van der Waals surface area (Å²) < 4.78 is 1.94. The molecule has 6 heteroatoms. The molecule has 0 saturated carbocycles. The van der Waals surface area contributed by atoms with Crippen LogP contribution < -0.4 is 5.32 Å². The average molecular weight is 322 g/mol. The standard InChI is InChI=1S/C17H12ClN5/c18-12-4-3-5-13(10-12)21-17-16(14-6-1-2-7-20-14)22-15-11-19-8-9-23(15)17/h1-11,21H. The van der Waals surface area contributed by atoms with E-state index in [9.17, 15) is 0 Å². The number of imidazole rings is 1. The Kier molecular flexibility index (Phi) is 3.40. The number of aromatic nitrogens is 4. The lowest BCUT2D eigenvalue weighted by Crippen LogP contribution is -1.97. The lowest BCUT2D eigenvalue weighted by Gasteiger charge is -2.08. The monoisotopic (exact) mass is 321 g/mol. The number of pyridine rings is 1. The van der Waals surface area contributed by atoms with Gasteiger partial charge in [-0.15, -0.1) is 0 Å². The summed E-state index contributed by atoms with van der Waals surface area (Å²) in [7, 11) is 0. The van der Waals surface area contributed by atoms with E-state index in [0.29, 0.717) is 5.02 Å². The van der Waals surface area contributed by atoms with Crippen molar-refractivity contribution in [2.24, 2.45) is 0 Å². The molecular formula is C17H12ClN5. The van der Waals surface area contributed by atoms with Crippen LogP contribution in [0.2, 0.25) is 5.02 Å². The molecule has 3 heterocycles. The molecule has 3 aromatic heterocycles. The number of nitrogens with one attached hydrogen (secondary N) is 1. The van der Waals surface area contributed by atoms with Crippen molar-refractivity contribution in [1.82, 2.24) is 19.4 Å². The maximum atomic E-state index is 6.08. The number of hydrogen-bond donors (Lipinski definition) is 1. The summed E-state index contributed by atoms with van der Waals surface area (Å²) in [5.74, 6) is 0.823. The molecular weight excluding hydrogens is 310 g/mol. The SMILES string of the molecule is Clc1cccc(Nc2c(-c3ccccn3)nc3cnccn23)c1. The Bertz CT molecular complexity index is 965. The molecule has 0 atom stereocenters. The van der Waals surface area contributed by atoms with Gasteiger partial charge in [0.05, 0.1) is 11.9 Å². The van der Waals surface area contributed by atoms with Crippen LogP contribution >= 0.6 is 11.6 Å². The van der Waals surface area contributed by atoms with E-state index < -0.39 is 0 Å². The van der Waals surface area contributed by atoms with E-state index in [0.717, 1.165) is 28.5 Å². The molecule has 1 aromatic carbocycles. The molecule has 0 aliphatic heterocycles. The van der Waals surface area contributed by atoms with Crippen molar-refractivity contribution in [2.45, 2.75) is 0 Å². The molecule has 0 aliphatic rings. The Hall–Kier alpha value is -2.92. The van der Waals surface area contributed by atoms with Crippen LogP contribution in [0.15, 0.2) is 67.3 Å².